The van der Waals surface area contributed by atoms with Gasteiger partial charge in [0.15, 0.2) is 0 Å². The fourth-order valence-corrected chi connectivity index (χ4v) is 1.20. The zero-order valence-corrected chi connectivity index (χ0v) is 9.24. The van der Waals surface area contributed by atoms with Gasteiger partial charge in [-0.3, -0.25) is 0 Å². The van der Waals surface area contributed by atoms with E-state index in [0.29, 0.717) is 13.2 Å². The van der Waals surface area contributed by atoms with Crippen LogP contribution in [0.2, 0.25) is 0 Å². The van der Waals surface area contributed by atoms with Crippen LogP contribution in [0.5, 0.6) is 5.75 Å². The second kappa shape index (κ2) is 7.07. The minimum Gasteiger partial charge on any atom is -0.491 e. The van der Waals surface area contributed by atoms with E-state index in [1.165, 1.54) is 0 Å². The molecule has 0 saturated heterocycles. The minimum absolute atomic E-state index is 0.598. The molecule has 1 aromatic carbocycles. The third-order valence-electron chi connectivity index (χ3n) is 1.94. The summed E-state index contributed by atoms with van der Waals surface area (Å²) in [4.78, 5) is 0. The lowest BCUT2D eigenvalue weighted by atomic mass is 10.2. The van der Waals surface area contributed by atoms with Crippen molar-refractivity contribution >= 4 is 6.08 Å². The maximum absolute atomic E-state index is 5.52. The molecule has 0 aliphatic carbocycles. The van der Waals surface area contributed by atoms with Crippen LogP contribution in [0.25, 0.3) is 6.08 Å². The molecule has 0 N–H and O–H groups in total. The van der Waals surface area contributed by atoms with Gasteiger partial charge in [0.1, 0.15) is 12.4 Å². The third kappa shape index (κ3) is 4.66. The van der Waals surface area contributed by atoms with Crippen molar-refractivity contribution in [1.29, 1.82) is 0 Å². The molecule has 0 unspecified atom stereocenters. The van der Waals surface area contributed by atoms with Gasteiger partial charge in [-0.25, -0.2) is 0 Å². The molecular weight excluding hydrogens is 188 g/mol. The topological polar surface area (TPSA) is 18.5 Å². The summed E-state index contributed by atoms with van der Waals surface area (Å²) in [5, 5.41) is 0. The summed E-state index contributed by atoms with van der Waals surface area (Å²) in [6, 6.07) is 7.85. The molecule has 0 amide bonds. The summed E-state index contributed by atoms with van der Waals surface area (Å²) in [6.07, 6.45) is 2.85. The minimum atomic E-state index is 0.598. The number of rotatable bonds is 7. The van der Waals surface area contributed by atoms with Gasteiger partial charge in [0.05, 0.1) is 6.61 Å². The van der Waals surface area contributed by atoms with Crippen molar-refractivity contribution in [2.24, 2.45) is 0 Å². The monoisotopic (exact) mass is 206 g/mol. The first-order valence-corrected chi connectivity index (χ1v) is 5.30. The average molecular weight is 206 g/mol. The number of hydrogen-bond acceptors (Lipinski definition) is 2. The highest BCUT2D eigenvalue weighted by Gasteiger charge is 1.94. The first-order chi connectivity index (χ1) is 7.36. The Bertz CT molecular complexity index is 294. The van der Waals surface area contributed by atoms with Crippen LogP contribution in [0.4, 0.5) is 0 Å². The van der Waals surface area contributed by atoms with Gasteiger partial charge < -0.3 is 9.47 Å². The molecule has 0 aliphatic rings. The Balaban J connectivity index is 2.27. The summed E-state index contributed by atoms with van der Waals surface area (Å²) in [6.45, 7) is 7.85. The van der Waals surface area contributed by atoms with E-state index in [-0.39, 0.29) is 0 Å². The molecule has 0 spiro atoms. The summed E-state index contributed by atoms with van der Waals surface area (Å²) in [5.74, 6) is 0.868. The third-order valence-corrected chi connectivity index (χ3v) is 1.94. The van der Waals surface area contributed by atoms with E-state index in [1.54, 1.807) is 6.08 Å². The lowest BCUT2D eigenvalue weighted by molar-refractivity contribution is 0.101. The van der Waals surface area contributed by atoms with Crippen LogP contribution in [-0.4, -0.2) is 19.8 Å². The molecule has 0 bridgehead atoms. The second-order valence-electron chi connectivity index (χ2n) is 3.24. The van der Waals surface area contributed by atoms with Gasteiger partial charge in [0.2, 0.25) is 0 Å². The van der Waals surface area contributed by atoms with Crippen molar-refractivity contribution in [3.63, 3.8) is 0 Å². The predicted molar refractivity (Wildman–Crippen MR) is 63.1 cm³/mol. The molecule has 0 saturated carbocycles. The van der Waals surface area contributed by atoms with E-state index >= 15 is 0 Å². The Kier molecular flexibility index (Phi) is 5.56. The first-order valence-electron chi connectivity index (χ1n) is 5.30. The van der Waals surface area contributed by atoms with E-state index in [2.05, 4.69) is 13.5 Å². The summed E-state index contributed by atoms with van der Waals surface area (Å²) >= 11 is 0. The molecule has 2 heteroatoms. The largest absolute Gasteiger partial charge is 0.491 e. The van der Waals surface area contributed by atoms with Crippen LogP contribution in [0, 0.1) is 0 Å². The van der Waals surface area contributed by atoms with Crippen molar-refractivity contribution in [3.8, 4) is 5.75 Å². The zero-order valence-electron chi connectivity index (χ0n) is 9.24. The van der Waals surface area contributed by atoms with E-state index in [4.69, 9.17) is 9.47 Å². The molecule has 0 fully saturated rings. The Morgan fingerprint density at radius 3 is 2.87 bits per heavy atom. The Labute approximate surface area is 91.5 Å². The van der Waals surface area contributed by atoms with Crippen molar-refractivity contribution < 1.29 is 9.47 Å². The van der Waals surface area contributed by atoms with Gasteiger partial charge in [-0.2, -0.15) is 0 Å². The normalized spacial score (nSPS) is 9.93. The fraction of sp³-hybridized carbons (Fsp3) is 0.385. The highest BCUT2D eigenvalue weighted by atomic mass is 16.5. The number of benzene rings is 1. The molecule has 0 aromatic heterocycles. The van der Waals surface area contributed by atoms with Gasteiger partial charge in [0.25, 0.3) is 0 Å². The SMILES string of the molecule is C=Cc1cccc(OCCOCCC)c1. The molecule has 0 aliphatic heterocycles. The van der Waals surface area contributed by atoms with Gasteiger partial charge >= 0.3 is 0 Å². The maximum atomic E-state index is 5.52. The van der Waals surface area contributed by atoms with Crippen LogP contribution in [0.15, 0.2) is 30.8 Å². The second-order valence-corrected chi connectivity index (χ2v) is 3.24. The van der Waals surface area contributed by atoms with Crippen LogP contribution < -0.4 is 4.74 Å². The summed E-state index contributed by atoms with van der Waals surface area (Å²) in [5.41, 5.74) is 1.07. The summed E-state index contributed by atoms with van der Waals surface area (Å²) in [7, 11) is 0. The highest BCUT2D eigenvalue weighted by Crippen LogP contribution is 2.13. The quantitative estimate of drug-likeness (QED) is 0.638. The van der Waals surface area contributed by atoms with Gasteiger partial charge in [-0.1, -0.05) is 31.7 Å². The number of ether oxygens (including phenoxy) is 2. The van der Waals surface area contributed by atoms with E-state index in [0.717, 1.165) is 24.3 Å². The van der Waals surface area contributed by atoms with E-state index < -0.39 is 0 Å². The molecule has 82 valence electrons. The van der Waals surface area contributed by atoms with E-state index in [1.807, 2.05) is 24.3 Å². The molecule has 0 radical (unpaired) electrons. The fourth-order valence-electron chi connectivity index (χ4n) is 1.20. The standard InChI is InChI=1S/C13H18O2/c1-3-8-14-9-10-15-13-7-5-6-12(4-2)11-13/h4-7,11H,2-3,8-10H2,1H3. The molecule has 1 aromatic rings. The molecule has 2 nitrogen and oxygen atoms in total. The predicted octanol–water partition coefficient (Wildman–Crippen LogP) is 3.14. The Morgan fingerprint density at radius 2 is 2.13 bits per heavy atom. The van der Waals surface area contributed by atoms with Gasteiger partial charge in [0, 0.05) is 6.61 Å². The number of hydrogen-bond donors (Lipinski definition) is 0. The molecule has 1 rings (SSSR count). The van der Waals surface area contributed by atoms with Crippen molar-refractivity contribution in [2.45, 2.75) is 13.3 Å². The van der Waals surface area contributed by atoms with Crippen molar-refractivity contribution in [2.75, 3.05) is 19.8 Å². The van der Waals surface area contributed by atoms with Crippen LogP contribution in [0.1, 0.15) is 18.9 Å². The summed E-state index contributed by atoms with van der Waals surface area (Å²) < 4.78 is 10.8. The van der Waals surface area contributed by atoms with Crippen LogP contribution in [-0.2, 0) is 4.74 Å². The maximum Gasteiger partial charge on any atom is 0.120 e. The van der Waals surface area contributed by atoms with Crippen molar-refractivity contribution in [1.82, 2.24) is 0 Å². The molecular formula is C13H18O2. The average Bonchev–Trinajstić information content (AvgIpc) is 2.29. The molecule has 15 heavy (non-hydrogen) atoms. The van der Waals surface area contributed by atoms with Gasteiger partial charge in [-0.15, -0.1) is 0 Å². The molecule has 0 heterocycles. The molecule has 0 atom stereocenters. The van der Waals surface area contributed by atoms with Crippen molar-refractivity contribution in [3.05, 3.63) is 36.4 Å². The zero-order chi connectivity index (χ0) is 10.9. The van der Waals surface area contributed by atoms with Gasteiger partial charge in [-0.05, 0) is 24.1 Å². The Morgan fingerprint density at radius 1 is 1.27 bits per heavy atom. The first kappa shape index (κ1) is 11.8. The Hall–Kier alpha value is -1.28. The smallest absolute Gasteiger partial charge is 0.120 e. The lowest BCUT2D eigenvalue weighted by Crippen LogP contribution is -2.07. The van der Waals surface area contributed by atoms with Crippen LogP contribution in [0.3, 0.4) is 0 Å². The van der Waals surface area contributed by atoms with E-state index in [9.17, 15) is 0 Å². The lowest BCUT2D eigenvalue weighted by Gasteiger charge is -2.06. The highest BCUT2D eigenvalue weighted by molar-refractivity contribution is 5.49. The van der Waals surface area contributed by atoms with Crippen LogP contribution >= 0.6 is 0 Å².